The second-order valence-corrected chi connectivity index (χ2v) is 4.91. The van der Waals surface area contributed by atoms with Gasteiger partial charge in [0.15, 0.2) is 0 Å². The van der Waals surface area contributed by atoms with Crippen molar-refractivity contribution in [3.8, 4) is 11.8 Å². The molecule has 2 aromatic rings. The zero-order valence-corrected chi connectivity index (χ0v) is 12.1. The molecule has 0 radical (unpaired) electrons. The molecule has 0 fully saturated rings. The summed E-state index contributed by atoms with van der Waals surface area (Å²) in [5.41, 5.74) is 3.03. The first-order valence-electron chi connectivity index (χ1n) is 6.43. The first kappa shape index (κ1) is 15.0. The van der Waals surface area contributed by atoms with Crippen LogP contribution in [0.5, 0.6) is 5.75 Å². The molecule has 0 N–H and O–H groups in total. The normalized spacial score (nSPS) is 9.86. The minimum Gasteiger partial charge on any atom is -0.487 e. The number of esters is 1. The molecule has 0 spiro atoms. The molecule has 0 saturated heterocycles. The lowest BCUT2D eigenvalue weighted by atomic mass is 10.2. The molecule has 1 heterocycles. The van der Waals surface area contributed by atoms with Crippen LogP contribution in [0.15, 0.2) is 35.2 Å². The highest BCUT2D eigenvalue weighted by Crippen LogP contribution is 2.16. The third kappa shape index (κ3) is 4.89. The number of ether oxygens (including phenoxy) is 2. The Bertz CT molecular complexity index is 620. The Hall–Kier alpha value is -2.39. The number of carbonyl (C=O) groups is 1. The predicted molar refractivity (Wildman–Crippen MR) is 78.0 cm³/mol. The molecule has 0 unspecified atom stereocenters. The number of hydrogen-bond acceptors (Lipinski definition) is 6. The fourth-order valence-electron chi connectivity index (χ4n) is 1.58. The Morgan fingerprint density at radius 2 is 2.33 bits per heavy atom. The molecular weight excluding hydrogens is 288 g/mol. The molecule has 5 nitrogen and oxygen atoms in total. The molecule has 1 aromatic heterocycles. The van der Waals surface area contributed by atoms with Crippen molar-refractivity contribution in [2.75, 3.05) is 6.61 Å². The van der Waals surface area contributed by atoms with E-state index >= 15 is 0 Å². The van der Waals surface area contributed by atoms with Crippen molar-refractivity contribution in [1.82, 2.24) is 4.98 Å². The predicted octanol–water partition coefficient (Wildman–Crippen LogP) is 3.18. The largest absolute Gasteiger partial charge is 0.487 e. The lowest BCUT2D eigenvalue weighted by molar-refractivity contribution is 0.0501. The Labute approximate surface area is 126 Å². The topological polar surface area (TPSA) is 72.2 Å². The monoisotopic (exact) mass is 302 g/mol. The van der Waals surface area contributed by atoms with Gasteiger partial charge in [-0.05, 0) is 24.6 Å². The van der Waals surface area contributed by atoms with E-state index in [1.165, 1.54) is 11.3 Å². The zero-order chi connectivity index (χ0) is 14.9. The Morgan fingerprint density at radius 1 is 1.43 bits per heavy atom. The van der Waals surface area contributed by atoms with Gasteiger partial charge in [-0.15, -0.1) is 11.3 Å². The second kappa shape index (κ2) is 8.02. The van der Waals surface area contributed by atoms with Crippen LogP contribution < -0.4 is 4.74 Å². The fourth-order valence-corrected chi connectivity index (χ4v) is 2.12. The maximum atomic E-state index is 11.8. The number of carbonyl (C=O) groups excluding carboxylic acids is 1. The van der Waals surface area contributed by atoms with Crippen LogP contribution >= 0.6 is 11.3 Å². The van der Waals surface area contributed by atoms with Crippen molar-refractivity contribution in [3.63, 3.8) is 0 Å². The minimum absolute atomic E-state index is 0.246. The van der Waals surface area contributed by atoms with Crippen LogP contribution in [-0.4, -0.2) is 17.6 Å². The molecule has 0 amide bonds. The highest BCUT2D eigenvalue weighted by molar-refractivity contribution is 7.07. The van der Waals surface area contributed by atoms with E-state index in [9.17, 15) is 4.79 Å². The number of rotatable bonds is 7. The fraction of sp³-hybridized carbons (Fsp3) is 0.267. The van der Waals surface area contributed by atoms with E-state index in [0.29, 0.717) is 30.8 Å². The summed E-state index contributed by atoms with van der Waals surface area (Å²) >= 11 is 1.51. The van der Waals surface area contributed by atoms with Gasteiger partial charge in [0.25, 0.3) is 0 Å². The van der Waals surface area contributed by atoms with Gasteiger partial charge in [-0.25, -0.2) is 9.78 Å². The smallest absolute Gasteiger partial charge is 0.338 e. The molecule has 0 aliphatic rings. The van der Waals surface area contributed by atoms with Crippen molar-refractivity contribution >= 4 is 17.3 Å². The second-order valence-electron chi connectivity index (χ2n) is 4.19. The molecule has 21 heavy (non-hydrogen) atoms. The van der Waals surface area contributed by atoms with Crippen molar-refractivity contribution in [1.29, 1.82) is 5.26 Å². The van der Waals surface area contributed by atoms with Crippen LogP contribution in [0.1, 0.15) is 28.9 Å². The van der Waals surface area contributed by atoms with Crippen LogP contribution in [0.4, 0.5) is 0 Å². The third-order valence-electron chi connectivity index (χ3n) is 2.61. The lowest BCUT2D eigenvalue weighted by Gasteiger charge is -2.07. The highest BCUT2D eigenvalue weighted by atomic mass is 32.1. The van der Waals surface area contributed by atoms with Gasteiger partial charge in [-0.1, -0.05) is 6.07 Å². The van der Waals surface area contributed by atoms with E-state index in [4.69, 9.17) is 14.7 Å². The molecule has 1 aromatic carbocycles. The van der Waals surface area contributed by atoms with E-state index < -0.39 is 5.97 Å². The number of thiazole rings is 1. The molecule has 0 bridgehead atoms. The summed E-state index contributed by atoms with van der Waals surface area (Å²) in [4.78, 5) is 15.9. The molecule has 0 atom stereocenters. The summed E-state index contributed by atoms with van der Waals surface area (Å²) < 4.78 is 10.7. The van der Waals surface area contributed by atoms with E-state index in [1.54, 1.807) is 29.8 Å². The average molecular weight is 302 g/mol. The van der Waals surface area contributed by atoms with Gasteiger partial charge < -0.3 is 9.47 Å². The van der Waals surface area contributed by atoms with E-state index in [1.807, 2.05) is 11.4 Å². The molecule has 108 valence electrons. The summed E-state index contributed by atoms with van der Waals surface area (Å²) in [6, 6.07) is 8.83. The molecule has 0 aliphatic carbocycles. The molecule has 6 heteroatoms. The SMILES string of the molecule is N#CCCCOC(=O)c1cccc(OCc2cscn2)c1. The standard InChI is InChI=1S/C15H14N2O3S/c16-6-1-2-7-19-15(18)12-4-3-5-14(8-12)20-9-13-10-21-11-17-13/h3-5,8,10-11H,1-2,7,9H2. The highest BCUT2D eigenvalue weighted by Gasteiger charge is 2.08. The molecule has 0 saturated carbocycles. The zero-order valence-electron chi connectivity index (χ0n) is 11.3. The Morgan fingerprint density at radius 3 is 3.10 bits per heavy atom. The number of nitrogens with zero attached hydrogens (tertiary/aromatic N) is 2. The van der Waals surface area contributed by atoms with E-state index in [0.717, 1.165) is 5.69 Å². The van der Waals surface area contributed by atoms with Gasteiger partial charge in [0, 0.05) is 11.8 Å². The molecule has 0 aliphatic heterocycles. The first-order valence-corrected chi connectivity index (χ1v) is 7.38. The Kier molecular flexibility index (Phi) is 5.73. The van der Waals surface area contributed by atoms with Crippen LogP contribution in [0.2, 0.25) is 0 Å². The van der Waals surface area contributed by atoms with Gasteiger partial charge in [-0.3, -0.25) is 0 Å². The first-order chi connectivity index (χ1) is 10.3. The maximum absolute atomic E-state index is 11.8. The number of hydrogen-bond donors (Lipinski definition) is 0. The number of benzene rings is 1. The summed E-state index contributed by atoms with van der Waals surface area (Å²) in [6.07, 6.45) is 0.923. The van der Waals surface area contributed by atoms with Gasteiger partial charge in [-0.2, -0.15) is 5.26 Å². The van der Waals surface area contributed by atoms with Crippen LogP contribution in [-0.2, 0) is 11.3 Å². The van der Waals surface area contributed by atoms with E-state index in [2.05, 4.69) is 4.98 Å². The third-order valence-corrected chi connectivity index (χ3v) is 3.24. The maximum Gasteiger partial charge on any atom is 0.338 e. The van der Waals surface area contributed by atoms with Crippen LogP contribution in [0, 0.1) is 11.3 Å². The number of aromatic nitrogens is 1. The summed E-state index contributed by atoms with van der Waals surface area (Å²) in [7, 11) is 0. The van der Waals surface area contributed by atoms with Gasteiger partial charge in [0.2, 0.25) is 0 Å². The lowest BCUT2D eigenvalue weighted by Crippen LogP contribution is -2.06. The van der Waals surface area contributed by atoms with Gasteiger partial charge in [0.1, 0.15) is 12.4 Å². The van der Waals surface area contributed by atoms with Crippen LogP contribution in [0.3, 0.4) is 0 Å². The Balaban J connectivity index is 1.88. The van der Waals surface area contributed by atoms with Gasteiger partial charge >= 0.3 is 5.97 Å². The van der Waals surface area contributed by atoms with Crippen molar-refractivity contribution in [2.45, 2.75) is 19.4 Å². The summed E-state index contributed by atoms with van der Waals surface area (Å²) in [5.74, 6) is 0.182. The minimum atomic E-state index is -0.410. The van der Waals surface area contributed by atoms with Crippen molar-refractivity contribution < 1.29 is 14.3 Å². The average Bonchev–Trinajstić information content (AvgIpc) is 3.03. The van der Waals surface area contributed by atoms with Crippen LogP contribution in [0.25, 0.3) is 0 Å². The quantitative estimate of drug-likeness (QED) is 0.580. The van der Waals surface area contributed by atoms with E-state index in [-0.39, 0.29) is 6.61 Å². The van der Waals surface area contributed by atoms with Crippen molar-refractivity contribution in [3.05, 3.63) is 46.4 Å². The van der Waals surface area contributed by atoms with Crippen molar-refractivity contribution in [2.24, 2.45) is 0 Å². The van der Waals surface area contributed by atoms with Gasteiger partial charge in [0.05, 0.1) is 29.4 Å². The molecular formula is C15H14N2O3S. The summed E-state index contributed by atoms with van der Waals surface area (Å²) in [5, 5.41) is 10.3. The number of nitriles is 1. The number of unbranched alkanes of at least 4 members (excludes halogenated alkanes) is 1. The molecule has 2 rings (SSSR count). The summed E-state index contributed by atoms with van der Waals surface area (Å²) in [6.45, 7) is 0.612.